The average molecular weight is 315 g/mol. The normalized spacial score (nSPS) is 21.1. The van der Waals surface area contributed by atoms with Crippen molar-refractivity contribution >= 4 is 5.91 Å². The molecule has 0 aromatic carbocycles. The van der Waals surface area contributed by atoms with E-state index in [1.54, 1.807) is 6.92 Å². The highest BCUT2D eigenvalue weighted by Gasteiger charge is 2.30. The molecule has 3 heterocycles. The maximum absolute atomic E-state index is 12.8. The van der Waals surface area contributed by atoms with E-state index in [0.717, 1.165) is 18.8 Å². The van der Waals surface area contributed by atoms with Crippen LogP contribution in [0.4, 0.5) is 0 Å². The van der Waals surface area contributed by atoms with Crippen LogP contribution in [0.1, 0.15) is 34.8 Å². The van der Waals surface area contributed by atoms with E-state index in [-0.39, 0.29) is 12.0 Å². The SMILES string of the molecule is Cc1ncoc1C(=O)N1Cc2cccn2CC(OCC2CC2)C1. The number of rotatable bonds is 4. The van der Waals surface area contributed by atoms with Crippen LogP contribution >= 0.6 is 0 Å². The summed E-state index contributed by atoms with van der Waals surface area (Å²) in [5, 5.41) is 0. The smallest absolute Gasteiger partial charge is 0.292 e. The summed E-state index contributed by atoms with van der Waals surface area (Å²) in [6.07, 6.45) is 5.92. The van der Waals surface area contributed by atoms with E-state index in [2.05, 4.69) is 21.8 Å². The van der Waals surface area contributed by atoms with Gasteiger partial charge in [0.25, 0.3) is 5.91 Å². The average Bonchev–Trinajstić information content (AvgIpc) is 3.18. The van der Waals surface area contributed by atoms with Crippen LogP contribution in [-0.2, 0) is 17.8 Å². The topological polar surface area (TPSA) is 60.5 Å². The van der Waals surface area contributed by atoms with E-state index < -0.39 is 0 Å². The zero-order valence-electron chi connectivity index (χ0n) is 13.3. The fourth-order valence-electron chi connectivity index (χ4n) is 3.02. The lowest BCUT2D eigenvalue weighted by atomic mass is 10.2. The highest BCUT2D eigenvalue weighted by atomic mass is 16.5. The summed E-state index contributed by atoms with van der Waals surface area (Å²) in [7, 11) is 0. The third kappa shape index (κ3) is 3.03. The number of nitrogens with zero attached hydrogens (tertiary/aromatic N) is 3. The molecule has 1 amide bonds. The molecule has 0 spiro atoms. The number of carbonyl (C=O) groups excluding carboxylic acids is 1. The molecule has 0 N–H and O–H groups in total. The van der Waals surface area contributed by atoms with Gasteiger partial charge in [-0.1, -0.05) is 0 Å². The quantitative estimate of drug-likeness (QED) is 0.868. The van der Waals surface area contributed by atoms with Crippen molar-refractivity contribution in [3.05, 3.63) is 41.9 Å². The third-order valence-electron chi connectivity index (χ3n) is 4.59. The second kappa shape index (κ2) is 5.85. The van der Waals surface area contributed by atoms with Crippen molar-refractivity contribution in [2.75, 3.05) is 13.2 Å². The first kappa shape index (κ1) is 14.5. The summed E-state index contributed by atoms with van der Waals surface area (Å²) in [6.45, 7) is 4.51. The minimum atomic E-state index is -0.116. The monoisotopic (exact) mass is 315 g/mol. The molecule has 1 saturated carbocycles. The van der Waals surface area contributed by atoms with Crippen molar-refractivity contribution in [3.8, 4) is 0 Å². The van der Waals surface area contributed by atoms with Crippen LogP contribution in [0.5, 0.6) is 0 Å². The van der Waals surface area contributed by atoms with Crippen molar-refractivity contribution in [1.29, 1.82) is 0 Å². The zero-order valence-corrected chi connectivity index (χ0v) is 13.3. The van der Waals surface area contributed by atoms with Gasteiger partial charge in [0.05, 0.1) is 24.9 Å². The number of carbonyl (C=O) groups is 1. The van der Waals surface area contributed by atoms with Gasteiger partial charge in [0.2, 0.25) is 5.76 Å². The lowest BCUT2D eigenvalue weighted by molar-refractivity contribution is 0.0141. The number of hydrogen-bond acceptors (Lipinski definition) is 4. The molecule has 0 saturated heterocycles. The van der Waals surface area contributed by atoms with Gasteiger partial charge in [0.1, 0.15) is 0 Å². The molecule has 23 heavy (non-hydrogen) atoms. The van der Waals surface area contributed by atoms with Crippen LogP contribution in [0.25, 0.3) is 0 Å². The van der Waals surface area contributed by atoms with Crippen LogP contribution in [0, 0.1) is 12.8 Å². The van der Waals surface area contributed by atoms with Crippen LogP contribution in [0.2, 0.25) is 0 Å². The molecule has 1 aliphatic heterocycles. The van der Waals surface area contributed by atoms with Crippen molar-refractivity contribution in [2.24, 2.45) is 5.92 Å². The maximum Gasteiger partial charge on any atom is 0.292 e. The van der Waals surface area contributed by atoms with E-state index in [1.165, 1.54) is 19.2 Å². The lowest BCUT2D eigenvalue weighted by Gasteiger charge is -2.23. The van der Waals surface area contributed by atoms with E-state index in [1.807, 2.05) is 11.0 Å². The Morgan fingerprint density at radius 3 is 3.04 bits per heavy atom. The van der Waals surface area contributed by atoms with Gasteiger partial charge in [0, 0.05) is 25.0 Å². The van der Waals surface area contributed by atoms with Gasteiger partial charge in [-0.25, -0.2) is 4.98 Å². The molecule has 122 valence electrons. The van der Waals surface area contributed by atoms with Gasteiger partial charge < -0.3 is 18.6 Å². The summed E-state index contributed by atoms with van der Waals surface area (Å²) in [6, 6.07) is 4.07. The van der Waals surface area contributed by atoms with E-state index >= 15 is 0 Å². The van der Waals surface area contributed by atoms with Crippen molar-refractivity contribution < 1.29 is 13.9 Å². The molecule has 4 rings (SSSR count). The number of fused-ring (bicyclic) bond motifs is 1. The Hall–Kier alpha value is -2.08. The second-order valence-corrected chi connectivity index (χ2v) is 6.50. The summed E-state index contributed by atoms with van der Waals surface area (Å²) in [4.78, 5) is 18.6. The van der Waals surface area contributed by atoms with Gasteiger partial charge in [-0.3, -0.25) is 4.79 Å². The summed E-state index contributed by atoms with van der Waals surface area (Å²) in [5.74, 6) is 0.920. The van der Waals surface area contributed by atoms with Crippen LogP contribution in [0.3, 0.4) is 0 Å². The molecule has 0 bridgehead atoms. The first-order valence-corrected chi connectivity index (χ1v) is 8.15. The van der Waals surface area contributed by atoms with Gasteiger partial charge in [-0.05, 0) is 37.8 Å². The number of hydrogen-bond donors (Lipinski definition) is 0. The summed E-state index contributed by atoms with van der Waals surface area (Å²) >= 11 is 0. The van der Waals surface area contributed by atoms with Crippen molar-refractivity contribution in [1.82, 2.24) is 14.5 Å². The van der Waals surface area contributed by atoms with E-state index in [9.17, 15) is 4.79 Å². The second-order valence-electron chi connectivity index (χ2n) is 6.50. The van der Waals surface area contributed by atoms with Gasteiger partial charge >= 0.3 is 0 Å². The van der Waals surface area contributed by atoms with Crippen molar-refractivity contribution in [2.45, 2.75) is 39.0 Å². The van der Waals surface area contributed by atoms with Crippen molar-refractivity contribution in [3.63, 3.8) is 0 Å². The minimum Gasteiger partial charge on any atom is -0.438 e. The Labute approximate surface area is 135 Å². The predicted octanol–water partition coefficient (Wildman–Crippen LogP) is 2.24. The molecule has 6 nitrogen and oxygen atoms in total. The minimum absolute atomic E-state index is 0.0106. The van der Waals surface area contributed by atoms with Crippen LogP contribution in [0.15, 0.2) is 29.1 Å². The van der Waals surface area contributed by atoms with E-state index in [0.29, 0.717) is 30.5 Å². The molecule has 1 aliphatic carbocycles. The van der Waals surface area contributed by atoms with Gasteiger partial charge in [-0.15, -0.1) is 0 Å². The van der Waals surface area contributed by atoms with Crippen LogP contribution < -0.4 is 0 Å². The molecule has 0 radical (unpaired) electrons. The Kier molecular flexibility index (Phi) is 3.69. The maximum atomic E-state index is 12.8. The number of aryl methyl sites for hydroxylation is 1. The molecular formula is C17H21N3O3. The molecule has 1 unspecified atom stereocenters. The van der Waals surface area contributed by atoms with E-state index in [4.69, 9.17) is 9.15 Å². The molecule has 6 heteroatoms. The summed E-state index contributed by atoms with van der Waals surface area (Å²) in [5.41, 5.74) is 1.75. The molecule has 2 aromatic rings. The number of ether oxygens (including phenoxy) is 1. The Morgan fingerprint density at radius 1 is 1.43 bits per heavy atom. The fourth-order valence-corrected chi connectivity index (χ4v) is 3.02. The highest BCUT2D eigenvalue weighted by molar-refractivity contribution is 5.92. The highest BCUT2D eigenvalue weighted by Crippen LogP contribution is 2.30. The summed E-state index contributed by atoms with van der Waals surface area (Å²) < 4.78 is 13.5. The predicted molar refractivity (Wildman–Crippen MR) is 82.9 cm³/mol. The number of aromatic nitrogens is 2. The zero-order chi connectivity index (χ0) is 15.8. The number of amides is 1. The first-order chi connectivity index (χ1) is 11.2. The fraction of sp³-hybridized carbons (Fsp3) is 0.529. The first-order valence-electron chi connectivity index (χ1n) is 8.15. The van der Waals surface area contributed by atoms with Gasteiger partial charge in [0.15, 0.2) is 6.39 Å². The standard InChI is InChI=1S/C17H21N3O3/c1-12-16(23-11-18-12)17(21)20-7-14-3-2-6-19(14)8-15(9-20)22-10-13-4-5-13/h2-3,6,11,13,15H,4-5,7-10H2,1H3. The molecule has 2 aliphatic rings. The third-order valence-corrected chi connectivity index (χ3v) is 4.59. The number of oxazole rings is 1. The van der Waals surface area contributed by atoms with Crippen LogP contribution in [-0.4, -0.2) is 39.6 Å². The molecule has 1 fully saturated rings. The molecule has 1 atom stereocenters. The Morgan fingerprint density at radius 2 is 2.30 bits per heavy atom. The largest absolute Gasteiger partial charge is 0.438 e. The molecule has 2 aromatic heterocycles. The van der Waals surface area contributed by atoms with Gasteiger partial charge in [-0.2, -0.15) is 0 Å². The Bertz CT molecular complexity index is 702. The Balaban J connectivity index is 1.55. The molecular weight excluding hydrogens is 294 g/mol. The lowest BCUT2D eigenvalue weighted by Crippen LogP contribution is -2.37.